The van der Waals surface area contributed by atoms with Gasteiger partial charge < -0.3 is 10.0 Å². The van der Waals surface area contributed by atoms with E-state index in [1.807, 2.05) is 20.2 Å². The van der Waals surface area contributed by atoms with Crippen LogP contribution in [-0.4, -0.2) is 49.7 Å². The highest BCUT2D eigenvalue weighted by Crippen LogP contribution is 2.26. The minimum Gasteiger partial charge on any atom is -0.481 e. The summed E-state index contributed by atoms with van der Waals surface area (Å²) in [6.07, 6.45) is 4.16. The van der Waals surface area contributed by atoms with Crippen LogP contribution in [0.1, 0.15) is 23.8 Å². The molecule has 3 heterocycles. The van der Waals surface area contributed by atoms with Gasteiger partial charge in [0.15, 0.2) is 0 Å². The van der Waals surface area contributed by atoms with Crippen LogP contribution in [0.2, 0.25) is 0 Å². The molecule has 8 heteroatoms. The molecule has 1 aliphatic heterocycles. The third kappa shape index (κ3) is 3.26. The zero-order chi connectivity index (χ0) is 16.6. The van der Waals surface area contributed by atoms with Gasteiger partial charge in [-0.3, -0.25) is 14.3 Å². The van der Waals surface area contributed by atoms with Crippen molar-refractivity contribution in [3.05, 3.63) is 23.5 Å². The Bertz CT molecular complexity index is 739. The molecule has 0 aromatic carbocycles. The largest absolute Gasteiger partial charge is 0.481 e. The van der Waals surface area contributed by atoms with E-state index in [9.17, 15) is 14.7 Å². The Morgan fingerprint density at radius 2 is 2.17 bits per heavy atom. The molecular formula is C15H18N4O3S. The first-order valence-electron chi connectivity index (χ1n) is 7.40. The fourth-order valence-electron chi connectivity index (χ4n) is 2.89. The van der Waals surface area contributed by atoms with Crippen molar-refractivity contribution in [3.8, 4) is 10.6 Å². The van der Waals surface area contributed by atoms with E-state index in [2.05, 4.69) is 10.1 Å². The zero-order valence-corrected chi connectivity index (χ0v) is 13.8. The number of carbonyl (C=O) groups excluding carboxylic acids is 1. The second kappa shape index (κ2) is 6.11. The highest BCUT2D eigenvalue weighted by molar-refractivity contribution is 7.13. The van der Waals surface area contributed by atoms with Gasteiger partial charge in [0.25, 0.3) is 5.91 Å². The van der Waals surface area contributed by atoms with E-state index in [4.69, 9.17) is 0 Å². The minimum atomic E-state index is -0.844. The van der Waals surface area contributed by atoms with E-state index in [1.54, 1.807) is 21.2 Å². The third-order valence-corrected chi connectivity index (χ3v) is 4.86. The Morgan fingerprint density at radius 3 is 2.83 bits per heavy atom. The van der Waals surface area contributed by atoms with E-state index in [0.717, 1.165) is 10.6 Å². The van der Waals surface area contributed by atoms with Crippen LogP contribution < -0.4 is 0 Å². The summed E-state index contributed by atoms with van der Waals surface area (Å²) in [5, 5.41) is 15.8. The number of aryl methyl sites for hydroxylation is 1. The normalized spacial score (nSPS) is 21.4. The van der Waals surface area contributed by atoms with Gasteiger partial charge in [-0.2, -0.15) is 5.10 Å². The fraction of sp³-hybridized carbons (Fsp3) is 0.467. The van der Waals surface area contributed by atoms with Gasteiger partial charge in [0.05, 0.1) is 12.1 Å². The average molecular weight is 334 g/mol. The van der Waals surface area contributed by atoms with E-state index in [-0.39, 0.29) is 18.4 Å². The number of rotatable bonds is 3. The van der Waals surface area contributed by atoms with Gasteiger partial charge in [-0.05, 0) is 12.3 Å². The van der Waals surface area contributed by atoms with Crippen LogP contribution in [0.3, 0.4) is 0 Å². The van der Waals surface area contributed by atoms with E-state index >= 15 is 0 Å². The molecule has 2 aromatic heterocycles. The number of thiazole rings is 1. The zero-order valence-electron chi connectivity index (χ0n) is 13.0. The van der Waals surface area contributed by atoms with Crippen LogP contribution in [0, 0.1) is 11.8 Å². The van der Waals surface area contributed by atoms with E-state index in [0.29, 0.717) is 18.7 Å². The molecule has 0 bridgehead atoms. The number of carboxylic acid groups (broad SMARTS) is 1. The molecule has 122 valence electrons. The molecule has 23 heavy (non-hydrogen) atoms. The summed E-state index contributed by atoms with van der Waals surface area (Å²) in [4.78, 5) is 29.9. The standard InChI is InChI=1S/C15H18N4O3S/c1-9-3-10(15(21)22)7-19(5-9)14(20)12-8-23-13(17-12)11-4-16-18(2)6-11/h4,6,8-10H,3,5,7H2,1-2H3,(H,21,22). The molecule has 0 spiro atoms. The van der Waals surface area contributed by atoms with Gasteiger partial charge in [-0.25, -0.2) is 4.98 Å². The lowest BCUT2D eigenvalue weighted by Gasteiger charge is -2.34. The second-order valence-corrected chi connectivity index (χ2v) is 6.88. The first kappa shape index (κ1) is 15.7. The molecule has 0 aliphatic carbocycles. The quantitative estimate of drug-likeness (QED) is 0.923. The number of nitrogens with zero attached hydrogens (tertiary/aromatic N) is 4. The maximum absolute atomic E-state index is 12.6. The van der Waals surface area contributed by atoms with E-state index < -0.39 is 11.9 Å². The lowest BCUT2D eigenvalue weighted by atomic mass is 9.90. The van der Waals surface area contributed by atoms with Gasteiger partial charge in [0.2, 0.25) is 0 Å². The molecule has 2 aromatic rings. The van der Waals surface area contributed by atoms with Gasteiger partial charge >= 0.3 is 5.97 Å². The van der Waals surface area contributed by atoms with Crippen molar-refractivity contribution in [3.63, 3.8) is 0 Å². The Hall–Kier alpha value is -2.22. The summed E-state index contributed by atoms with van der Waals surface area (Å²) >= 11 is 1.39. The average Bonchev–Trinajstić information content (AvgIpc) is 3.14. The summed E-state index contributed by atoms with van der Waals surface area (Å²) < 4.78 is 1.68. The second-order valence-electron chi connectivity index (χ2n) is 6.03. The summed E-state index contributed by atoms with van der Waals surface area (Å²) in [7, 11) is 1.82. The number of carboxylic acids is 1. The molecule has 3 rings (SSSR count). The van der Waals surface area contributed by atoms with Crippen LogP contribution in [-0.2, 0) is 11.8 Å². The van der Waals surface area contributed by atoms with Crippen molar-refractivity contribution in [2.24, 2.45) is 18.9 Å². The highest BCUT2D eigenvalue weighted by Gasteiger charge is 2.33. The van der Waals surface area contributed by atoms with E-state index in [1.165, 1.54) is 11.3 Å². The van der Waals surface area contributed by atoms with Crippen molar-refractivity contribution in [1.29, 1.82) is 0 Å². The van der Waals surface area contributed by atoms with Crippen molar-refractivity contribution in [1.82, 2.24) is 19.7 Å². The third-order valence-electron chi connectivity index (χ3n) is 3.97. The van der Waals surface area contributed by atoms with Gasteiger partial charge in [0, 0.05) is 37.3 Å². The van der Waals surface area contributed by atoms with Crippen LogP contribution in [0.25, 0.3) is 10.6 Å². The van der Waals surface area contributed by atoms with Crippen molar-refractivity contribution < 1.29 is 14.7 Å². The Balaban J connectivity index is 1.77. The smallest absolute Gasteiger partial charge is 0.308 e. The van der Waals surface area contributed by atoms with Crippen molar-refractivity contribution >= 4 is 23.2 Å². The number of aliphatic carboxylic acids is 1. The number of hydrogen-bond donors (Lipinski definition) is 1. The van der Waals surface area contributed by atoms with Gasteiger partial charge in [0.1, 0.15) is 10.7 Å². The van der Waals surface area contributed by atoms with Gasteiger partial charge in [-0.15, -0.1) is 11.3 Å². The lowest BCUT2D eigenvalue weighted by molar-refractivity contribution is -0.143. The minimum absolute atomic E-state index is 0.172. The fourth-order valence-corrected chi connectivity index (χ4v) is 3.66. The van der Waals surface area contributed by atoms with Crippen LogP contribution in [0.15, 0.2) is 17.8 Å². The lowest BCUT2D eigenvalue weighted by Crippen LogP contribution is -2.45. The van der Waals surface area contributed by atoms with Crippen LogP contribution in [0.5, 0.6) is 0 Å². The SMILES string of the molecule is CC1CC(C(=O)O)CN(C(=O)c2csc(-c3cnn(C)c3)n2)C1. The number of piperidine rings is 1. The summed E-state index contributed by atoms with van der Waals surface area (Å²) in [6.45, 7) is 2.79. The van der Waals surface area contributed by atoms with Crippen molar-refractivity contribution in [2.75, 3.05) is 13.1 Å². The number of hydrogen-bond acceptors (Lipinski definition) is 5. The molecule has 7 nitrogen and oxygen atoms in total. The van der Waals surface area contributed by atoms with Crippen LogP contribution >= 0.6 is 11.3 Å². The monoisotopic (exact) mass is 334 g/mol. The molecule has 1 saturated heterocycles. The predicted octanol–water partition coefficient (Wildman–Crippen LogP) is 1.73. The molecule has 1 amide bonds. The molecule has 2 unspecified atom stereocenters. The van der Waals surface area contributed by atoms with Crippen molar-refractivity contribution in [2.45, 2.75) is 13.3 Å². The number of aromatic nitrogens is 3. The number of likely N-dealkylation sites (tertiary alicyclic amines) is 1. The van der Waals surface area contributed by atoms with Gasteiger partial charge in [-0.1, -0.05) is 6.92 Å². The summed E-state index contributed by atoms with van der Waals surface area (Å²) in [5.74, 6) is -1.37. The molecular weight excluding hydrogens is 316 g/mol. The molecule has 0 radical (unpaired) electrons. The Labute approximate surface area is 137 Å². The maximum Gasteiger partial charge on any atom is 0.308 e. The summed E-state index contributed by atoms with van der Waals surface area (Å²) in [5.41, 5.74) is 1.24. The molecule has 1 N–H and O–H groups in total. The summed E-state index contributed by atoms with van der Waals surface area (Å²) in [6, 6.07) is 0. The maximum atomic E-state index is 12.6. The first-order valence-corrected chi connectivity index (χ1v) is 8.28. The molecule has 1 aliphatic rings. The number of amides is 1. The van der Waals surface area contributed by atoms with Crippen LogP contribution in [0.4, 0.5) is 0 Å². The first-order chi connectivity index (χ1) is 10.9. The Morgan fingerprint density at radius 1 is 1.39 bits per heavy atom. The predicted molar refractivity (Wildman–Crippen MR) is 85.1 cm³/mol. The molecule has 0 saturated carbocycles. The molecule has 2 atom stereocenters. The topological polar surface area (TPSA) is 88.3 Å². The highest BCUT2D eigenvalue weighted by atomic mass is 32.1. The Kier molecular flexibility index (Phi) is 4.16. The number of carbonyl (C=O) groups is 2. The molecule has 1 fully saturated rings.